The van der Waals surface area contributed by atoms with E-state index in [1.807, 2.05) is 61.5 Å². The SMILES string of the molecule is COc1ccc2cc(CN(C)C(=O)CN(C)C(C)c3ccccc3OC)ccc2c1. The minimum Gasteiger partial charge on any atom is -0.497 e. The molecule has 1 atom stereocenters. The van der Waals surface area contributed by atoms with Gasteiger partial charge >= 0.3 is 0 Å². The zero-order chi connectivity index (χ0) is 21.7. The molecule has 0 aliphatic heterocycles. The molecule has 0 saturated heterocycles. The number of hydrogen-bond acceptors (Lipinski definition) is 4. The normalized spacial score (nSPS) is 12.1. The lowest BCUT2D eigenvalue weighted by Gasteiger charge is -2.28. The van der Waals surface area contributed by atoms with Crippen LogP contribution in [0.15, 0.2) is 60.7 Å². The highest BCUT2D eigenvalue weighted by atomic mass is 16.5. The van der Waals surface area contributed by atoms with Gasteiger partial charge in [-0.2, -0.15) is 0 Å². The summed E-state index contributed by atoms with van der Waals surface area (Å²) in [4.78, 5) is 16.7. The van der Waals surface area contributed by atoms with Crippen LogP contribution in [0.3, 0.4) is 0 Å². The third-order valence-electron chi connectivity index (χ3n) is 5.59. The number of carbonyl (C=O) groups excluding carboxylic acids is 1. The maximum absolute atomic E-state index is 12.8. The molecule has 0 saturated carbocycles. The third kappa shape index (κ3) is 4.92. The Balaban J connectivity index is 1.64. The first-order chi connectivity index (χ1) is 14.4. The van der Waals surface area contributed by atoms with Crippen molar-refractivity contribution in [2.24, 2.45) is 0 Å². The molecule has 0 radical (unpaired) electrons. The third-order valence-corrected chi connectivity index (χ3v) is 5.59. The second kappa shape index (κ2) is 9.63. The van der Waals surface area contributed by atoms with Crippen molar-refractivity contribution in [1.82, 2.24) is 9.80 Å². The fraction of sp³-hybridized carbons (Fsp3) is 0.320. The standard InChI is InChI=1S/C25H30N2O3/c1-18(23-8-6-7-9-24(23)30-5)26(2)17-25(28)27(3)16-19-10-11-21-15-22(29-4)13-12-20(21)14-19/h6-15,18H,16-17H2,1-5H3. The number of fused-ring (bicyclic) bond motifs is 1. The van der Waals surface area contributed by atoms with Gasteiger partial charge in [0, 0.05) is 25.2 Å². The molecule has 0 fully saturated rings. The van der Waals surface area contributed by atoms with Gasteiger partial charge in [-0.05, 0) is 54.6 Å². The number of amides is 1. The second-order valence-electron chi connectivity index (χ2n) is 7.63. The predicted molar refractivity (Wildman–Crippen MR) is 121 cm³/mol. The molecule has 0 aliphatic rings. The van der Waals surface area contributed by atoms with Crippen molar-refractivity contribution in [3.63, 3.8) is 0 Å². The Bertz CT molecular complexity index is 1020. The minimum absolute atomic E-state index is 0.0640. The van der Waals surface area contributed by atoms with E-state index in [0.29, 0.717) is 13.1 Å². The molecule has 0 aliphatic carbocycles. The smallest absolute Gasteiger partial charge is 0.236 e. The van der Waals surface area contributed by atoms with E-state index in [4.69, 9.17) is 9.47 Å². The Morgan fingerprint density at radius 2 is 1.63 bits per heavy atom. The number of ether oxygens (including phenoxy) is 2. The van der Waals surface area contributed by atoms with Crippen molar-refractivity contribution in [2.45, 2.75) is 19.5 Å². The van der Waals surface area contributed by atoms with Gasteiger partial charge in [0.25, 0.3) is 0 Å². The first-order valence-corrected chi connectivity index (χ1v) is 10.1. The van der Waals surface area contributed by atoms with Gasteiger partial charge < -0.3 is 14.4 Å². The molecule has 1 amide bonds. The van der Waals surface area contributed by atoms with Crippen LogP contribution in [0.5, 0.6) is 11.5 Å². The Morgan fingerprint density at radius 1 is 0.933 bits per heavy atom. The molecule has 158 valence electrons. The summed E-state index contributed by atoms with van der Waals surface area (Å²) in [5, 5.41) is 2.26. The summed E-state index contributed by atoms with van der Waals surface area (Å²) in [6, 6.07) is 20.3. The molecule has 5 heteroatoms. The van der Waals surface area contributed by atoms with Crippen molar-refractivity contribution >= 4 is 16.7 Å². The van der Waals surface area contributed by atoms with Crippen molar-refractivity contribution in [1.29, 1.82) is 0 Å². The van der Waals surface area contributed by atoms with E-state index in [9.17, 15) is 4.79 Å². The van der Waals surface area contributed by atoms with E-state index in [2.05, 4.69) is 25.1 Å². The molecule has 3 aromatic rings. The van der Waals surface area contributed by atoms with E-state index < -0.39 is 0 Å². The Morgan fingerprint density at radius 3 is 2.37 bits per heavy atom. The summed E-state index contributed by atoms with van der Waals surface area (Å²) >= 11 is 0. The van der Waals surface area contributed by atoms with E-state index in [1.54, 1.807) is 19.1 Å². The molecule has 0 bridgehead atoms. The van der Waals surface area contributed by atoms with Gasteiger partial charge in [0.1, 0.15) is 11.5 Å². The monoisotopic (exact) mass is 406 g/mol. The molecular weight excluding hydrogens is 376 g/mol. The molecule has 0 spiro atoms. The summed E-state index contributed by atoms with van der Waals surface area (Å²) in [5.41, 5.74) is 2.17. The van der Waals surface area contributed by atoms with Gasteiger partial charge in [-0.25, -0.2) is 0 Å². The van der Waals surface area contributed by atoms with E-state index in [0.717, 1.165) is 33.4 Å². The predicted octanol–water partition coefficient (Wildman–Crippen LogP) is 4.51. The van der Waals surface area contributed by atoms with Crippen LogP contribution in [0.2, 0.25) is 0 Å². The average Bonchev–Trinajstić information content (AvgIpc) is 2.77. The van der Waals surface area contributed by atoms with Crippen LogP contribution in [-0.4, -0.2) is 50.6 Å². The highest BCUT2D eigenvalue weighted by molar-refractivity contribution is 5.84. The van der Waals surface area contributed by atoms with E-state index in [1.165, 1.54) is 0 Å². The first kappa shape index (κ1) is 21.7. The van der Waals surface area contributed by atoms with Crippen LogP contribution in [0.25, 0.3) is 10.8 Å². The number of methoxy groups -OCH3 is 2. The maximum atomic E-state index is 12.8. The summed E-state index contributed by atoms with van der Waals surface area (Å²) in [7, 11) is 7.15. The summed E-state index contributed by atoms with van der Waals surface area (Å²) < 4.78 is 10.8. The molecule has 3 rings (SSSR count). The highest BCUT2D eigenvalue weighted by Gasteiger charge is 2.20. The van der Waals surface area contributed by atoms with Crippen molar-refractivity contribution in [3.8, 4) is 11.5 Å². The molecule has 3 aromatic carbocycles. The van der Waals surface area contributed by atoms with Crippen LogP contribution >= 0.6 is 0 Å². The summed E-state index contributed by atoms with van der Waals surface area (Å²) in [5.74, 6) is 1.76. The fourth-order valence-corrected chi connectivity index (χ4v) is 3.58. The Kier molecular flexibility index (Phi) is 6.95. The topological polar surface area (TPSA) is 42.0 Å². The van der Waals surface area contributed by atoms with Gasteiger partial charge in [-0.1, -0.05) is 36.4 Å². The van der Waals surface area contributed by atoms with Gasteiger partial charge in [0.05, 0.1) is 20.8 Å². The van der Waals surface area contributed by atoms with E-state index >= 15 is 0 Å². The number of carbonyl (C=O) groups is 1. The number of rotatable bonds is 8. The molecule has 1 unspecified atom stereocenters. The molecule has 0 heterocycles. The lowest BCUT2D eigenvalue weighted by atomic mass is 10.1. The number of hydrogen-bond donors (Lipinski definition) is 0. The Hall–Kier alpha value is -3.05. The number of nitrogens with zero attached hydrogens (tertiary/aromatic N) is 2. The summed E-state index contributed by atoms with van der Waals surface area (Å²) in [6.07, 6.45) is 0. The summed E-state index contributed by atoms with van der Waals surface area (Å²) in [6.45, 7) is 2.99. The van der Waals surface area contributed by atoms with Crippen molar-refractivity contribution < 1.29 is 14.3 Å². The van der Waals surface area contributed by atoms with Crippen molar-refractivity contribution in [3.05, 3.63) is 71.8 Å². The van der Waals surface area contributed by atoms with Crippen LogP contribution in [0.4, 0.5) is 0 Å². The van der Waals surface area contributed by atoms with Crippen LogP contribution in [-0.2, 0) is 11.3 Å². The number of para-hydroxylation sites is 1. The van der Waals surface area contributed by atoms with Crippen LogP contribution in [0.1, 0.15) is 24.1 Å². The minimum atomic E-state index is 0.0640. The zero-order valence-electron chi connectivity index (χ0n) is 18.4. The molecule has 5 nitrogen and oxygen atoms in total. The molecule has 0 aromatic heterocycles. The fourth-order valence-electron chi connectivity index (χ4n) is 3.58. The largest absolute Gasteiger partial charge is 0.497 e. The molecule has 0 N–H and O–H groups in total. The van der Waals surface area contributed by atoms with Crippen LogP contribution in [0, 0.1) is 0 Å². The quantitative estimate of drug-likeness (QED) is 0.552. The highest BCUT2D eigenvalue weighted by Crippen LogP contribution is 2.28. The van der Waals surface area contributed by atoms with Crippen molar-refractivity contribution in [2.75, 3.05) is 34.9 Å². The Labute approximate surface area is 178 Å². The number of likely N-dealkylation sites (N-methyl/N-ethyl adjacent to an activating group) is 2. The zero-order valence-corrected chi connectivity index (χ0v) is 18.4. The maximum Gasteiger partial charge on any atom is 0.236 e. The lowest BCUT2D eigenvalue weighted by molar-refractivity contribution is -0.131. The van der Waals surface area contributed by atoms with Gasteiger partial charge in [0.2, 0.25) is 5.91 Å². The lowest BCUT2D eigenvalue weighted by Crippen LogP contribution is -2.37. The second-order valence-corrected chi connectivity index (χ2v) is 7.63. The number of benzene rings is 3. The first-order valence-electron chi connectivity index (χ1n) is 10.1. The van der Waals surface area contributed by atoms with E-state index in [-0.39, 0.29) is 11.9 Å². The van der Waals surface area contributed by atoms with Gasteiger partial charge in [-0.3, -0.25) is 9.69 Å². The van der Waals surface area contributed by atoms with Gasteiger partial charge in [0.15, 0.2) is 0 Å². The average molecular weight is 407 g/mol. The van der Waals surface area contributed by atoms with Gasteiger partial charge in [-0.15, -0.1) is 0 Å². The van der Waals surface area contributed by atoms with Crippen LogP contribution < -0.4 is 9.47 Å². The molecular formula is C25H30N2O3. The molecule has 30 heavy (non-hydrogen) atoms.